The monoisotopic (exact) mass is 417 g/mol. The van der Waals surface area contributed by atoms with Crippen molar-refractivity contribution < 1.29 is 49.2 Å². The molecule has 0 bridgehead atoms. The van der Waals surface area contributed by atoms with Crippen LogP contribution in [0.2, 0.25) is 0 Å². The molecule has 0 saturated heterocycles. The van der Waals surface area contributed by atoms with E-state index in [0.717, 1.165) is 13.8 Å². The van der Waals surface area contributed by atoms with Gasteiger partial charge in [-0.15, -0.1) is 0 Å². The van der Waals surface area contributed by atoms with E-state index in [4.69, 9.17) is 0 Å². The highest BCUT2D eigenvalue weighted by Gasteiger charge is 2.67. The molecule has 0 aromatic heterocycles. The van der Waals surface area contributed by atoms with Gasteiger partial charge in [0.1, 0.15) is 18.2 Å². The van der Waals surface area contributed by atoms with Crippen molar-refractivity contribution in [3.63, 3.8) is 0 Å². The molecule has 5 N–H and O–H groups in total. The van der Waals surface area contributed by atoms with E-state index in [1.165, 1.54) is 0 Å². The van der Waals surface area contributed by atoms with Crippen molar-refractivity contribution in [1.29, 1.82) is 0 Å². The minimum absolute atomic E-state index is 0.202. The topological polar surface area (TPSA) is 195 Å². The van der Waals surface area contributed by atoms with Gasteiger partial charge in [-0.3, -0.25) is 28.8 Å². The molecule has 11 nitrogen and oxygen atoms in total. The molecule has 1 unspecified atom stereocenters. The molecule has 0 spiro atoms. The molecular weight excluding hydrogens is 390 g/mol. The molecule has 0 fully saturated rings. The van der Waals surface area contributed by atoms with Crippen molar-refractivity contribution in [3.8, 4) is 0 Å². The Labute approximate surface area is 167 Å². The lowest BCUT2D eigenvalue weighted by Crippen LogP contribution is -2.79. The standard InChI is InChI=1S/C18H27NO10/c1-6-7-12(24)19-15(13(25)8(2)20)17(28,10(4)22)18(29,11(5)23)16(27)14(26)9(3)21/h14-16,26-29H,6-7H2,1-5H3,(H,19,24)/t14?,15-,16+,17+,18-/m0/s1. The van der Waals surface area contributed by atoms with Crippen LogP contribution in [0.4, 0.5) is 0 Å². The van der Waals surface area contributed by atoms with Crippen LogP contribution in [0.25, 0.3) is 0 Å². The first-order valence-electron chi connectivity index (χ1n) is 8.78. The molecule has 0 rings (SSSR count). The first kappa shape index (κ1) is 26.7. The van der Waals surface area contributed by atoms with Crippen LogP contribution in [0.15, 0.2) is 0 Å². The van der Waals surface area contributed by atoms with Crippen LogP contribution in [0.3, 0.4) is 0 Å². The van der Waals surface area contributed by atoms with Gasteiger partial charge in [-0.25, -0.2) is 0 Å². The number of carbonyl (C=O) groups is 6. The number of hydrogen-bond donors (Lipinski definition) is 5. The van der Waals surface area contributed by atoms with Gasteiger partial charge >= 0.3 is 0 Å². The predicted octanol–water partition coefficient (Wildman–Crippen LogP) is -2.62. The molecule has 0 aromatic carbocycles. The first-order chi connectivity index (χ1) is 13.1. The molecule has 29 heavy (non-hydrogen) atoms. The summed E-state index contributed by atoms with van der Waals surface area (Å²) >= 11 is 0. The summed E-state index contributed by atoms with van der Waals surface area (Å²) in [4.78, 5) is 72.1. The Kier molecular flexibility index (Phi) is 9.12. The zero-order chi connectivity index (χ0) is 23.3. The summed E-state index contributed by atoms with van der Waals surface area (Å²) in [5.74, 6) is -7.81. The predicted molar refractivity (Wildman–Crippen MR) is 96.5 cm³/mol. The zero-order valence-corrected chi connectivity index (χ0v) is 16.9. The van der Waals surface area contributed by atoms with E-state index >= 15 is 0 Å². The van der Waals surface area contributed by atoms with Gasteiger partial charge in [-0.2, -0.15) is 0 Å². The molecule has 0 radical (unpaired) electrons. The normalized spacial score (nSPS) is 18.4. The van der Waals surface area contributed by atoms with Gasteiger partial charge in [-0.05, 0) is 27.2 Å². The highest BCUT2D eigenvalue weighted by Crippen LogP contribution is 2.34. The van der Waals surface area contributed by atoms with E-state index in [0.29, 0.717) is 13.8 Å². The molecule has 1 amide bonds. The van der Waals surface area contributed by atoms with Gasteiger partial charge in [0.2, 0.25) is 11.7 Å². The number of aliphatic hydroxyl groups is 4. The summed E-state index contributed by atoms with van der Waals surface area (Å²) < 4.78 is 0. The molecule has 0 saturated carbocycles. The Morgan fingerprint density at radius 3 is 1.62 bits per heavy atom. The van der Waals surface area contributed by atoms with Crippen LogP contribution >= 0.6 is 0 Å². The fraction of sp³-hybridized carbons (Fsp3) is 0.667. The molecule has 0 aliphatic heterocycles. The molecule has 0 heterocycles. The fourth-order valence-corrected chi connectivity index (χ4v) is 2.87. The smallest absolute Gasteiger partial charge is 0.223 e. The van der Waals surface area contributed by atoms with Crippen molar-refractivity contribution in [2.45, 2.75) is 76.9 Å². The lowest BCUT2D eigenvalue weighted by Gasteiger charge is -2.46. The fourth-order valence-electron chi connectivity index (χ4n) is 2.87. The first-order valence-corrected chi connectivity index (χ1v) is 8.78. The van der Waals surface area contributed by atoms with Crippen LogP contribution in [-0.2, 0) is 28.8 Å². The van der Waals surface area contributed by atoms with Crippen LogP contribution < -0.4 is 5.32 Å². The van der Waals surface area contributed by atoms with Gasteiger partial charge < -0.3 is 25.7 Å². The van der Waals surface area contributed by atoms with Crippen LogP contribution in [0, 0.1) is 0 Å². The van der Waals surface area contributed by atoms with E-state index in [9.17, 15) is 49.2 Å². The maximum Gasteiger partial charge on any atom is 0.223 e. The minimum atomic E-state index is -3.63. The Balaban J connectivity index is 6.91. The van der Waals surface area contributed by atoms with Crippen molar-refractivity contribution in [3.05, 3.63) is 0 Å². The molecule has 5 atom stereocenters. The second-order valence-corrected chi connectivity index (χ2v) is 6.82. The largest absolute Gasteiger partial charge is 0.386 e. The Bertz CT molecular complexity index is 717. The number of rotatable bonds is 12. The summed E-state index contributed by atoms with van der Waals surface area (Å²) in [6, 6.07) is -2.47. The molecular formula is C18H27NO10. The number of nitrogens with one attached hydrogen (secondary N) is 1. The summed E-state index contributed by atoms with van der Waals surface area (Å²) in [5.41, 5.74) is -7.21. The lowest BCUT2D eigenvalue weighted by molar-refractivity contribution is -0.221. The SMILES string of the molecule is CCCC(=O)N[C@@H](C(=O)C(C)=O)[C@](O)(C(C)=O)[C@](O)(C(C)=O)[C@H](O)C(O)C(C)=O. The average Bonchev–Trinajstić information content (AvgIpc) is 2.62. The number of carbonyl (C=O) groups excluding carboxylic acids is 6. The molecule has 11 heteroatoms. The summed E-state index contributed by atoms with van der Waals surface area (Å²) in [6.45, 7) is 4.40. The van der Waals surface area contributed by atoms with E-state index in [1.807, 2.05) is 5.32 Å². The van der Waals surface area contributed by atoms with Gasteiger partial charge in [-0.1, -0.05) is 6.92 Å². The van der Waals surface area contributed by atoms with Gasteiger partial charge in [0.15, 0.2) is 34.3 Å². The van der Waals surface area contributed by atoms with E-state index < -0.39 is 64.3 Å². The van der Waals surface area contributed by atoms with E-state index in [2.05, 4.69) is 0 Å². The Morgan fingerprint density at radius 2 is 1.31 bits per heavy atom. The zero-order valence-electron chi connectivity index (χ0n) is 16.9. The van der Waals surface area contributed by atoms with Gasteiger partial charge in [0.25, 0.3) is 0 Å². The number of hydrogen-bond acceptors (Lipinski definition) is 10. The quantitative estimate of drug-likeness (QED) is 0.210. The van der Waals surface area contributed by atoms with Crippen LogP contribution in [-0.4, -0.2) is 84.7 Å². The summed E-state index contributed by atoms with van der Waals surface area (Å²) in [7, 11) is 0. The lowest BCUT2D eigenvalue weighted by atomic mass is 9.66. The molecule has 0 aliphatic carbocycles. The van der Waals surface area contributed by atoms with E-state index in [-0.39, 0.29) is 12.8 Å². The molecule has 0 aromatic rings. The second-order valence-electron chi connectivity index (χ2n) is 6.82. The third-order valence-electron chi connectivity index (χ3n) is 4.61. The van der Waals surface area contributed by atoms with Gasteiger partial charge in [0, 0.05) is 13.3 Å². The Hall–Kier alpha value is -2.34. The van der Waals surface area contributed by atoms with Crippen molar-refractivity contribution in [1.82, 2.24) is 5.32 Å². The highest BCUT2D eigenvalue weighted by atomic mass is 16.4. The second kappa shape index (κ2) is 9.92. The van der Waals surface area contributed by atoms with Crippen molar-refractivity contribution >= 4 is 34.8 Å². The Morgan fingerprint density at radius 1 is 0.862 bits per heavy atom. The summed E-state index contributed by atoms with van der Waals surface area (Å²) in [6.07, 6.45) is -5.13. The number of ketones is 5. The number of Topliss-reactive ketones (excluding diaryl/α,β-unsaturated/α-hetero) is 5. The third-order valence-corrected chi connectivity index (χ3v) is 4.61. The van der Waals surface area contributed by atoms with Gasteiger partial charge in [0.05, 0.1) is 0 Å². The summed E-state index contributed by atoms with van der Waals surface area (Å²) in [5, 5.41) is 44.1. The molecule has 0 aliphatic rings. The van der Waals surface area contributed by atoms with Crippen molar-refractivity contribution in [2.24, 2.45) is 0 Å². The van der Waals surface area contributed by atoms with Crippen molar-refractivity contribution in [2.75, 3.05) is 0 Å². The minimum Gasteiger partial charge on any atom is -0.386 e. The van der Waals surface area contributed by atoms with E-state index in [1.54, 1.807) is 6.92 Å². The highest BCUT2D eigenvalue weighted by molar-refractivity contribution is 6.39. The third kappa shape index (κ3) is 4.99. The van der Waals surface area contributed by atoms with Crippen LogP contribution in [0.1, 0.15) is 47.5 Å². The molecule has 164 valence electrons. The maximum atomic E-state index is 12.4. The number of aliphatic hydroxyl groups excluding tert-OH is 2. The number of amides is 1. The average molecular weight is 417 g/mol. The maximum absolute atomic E-state index is 12.4. The van der Waals surface area contributed by atoms with Crippen LogP contribution in [0.5, 0.6) is 0 Å².